The molecule has 0 atom stereocenters. The van der Waals surface area contributed by atoms with Crippen molar-refractivity contribution in [1.82, 2.24) is 4.90 Å². The zero-order valence-corrected chi connectivity index (χ0v) is 10.6. The summed E-state index contributed by atoms with van der Waals surface area (Å²) in [5.41, 5.74) is 1.37. The number of aromatic hydroxyl groups is 1. The standard InChI is InChI=1S/C14H19NO3/c1-10-9-12(17)5-6-13(10)14(18)15(7-8-16)11-3-2-4-11/h5-6,9,11,16-17H,2-4,7-8H2,1H3. The molecular formula is C14H19NO3. The molecule has 0 unspecified atom stereocenters. The topological polar surface area (TPSA) is 60.8 Å². The number of carbonyl (C=O) groups excluding carboxylic acids is 1. The second kappa shape index (κ2) is 5.40. The Hall–Kier alpha value is -1.55. The van der Waals surface area contributed by atoms with Crippen LogP contribution in [0.4, 0.5) is 0 Å². The fourth-order valence-electron chi connectivity index (χ4n) is 2.30. The number of aliphatic hydroxyl groups is 1. The molecule has 1 aliphatic rings. The zero-order chi connectivity index (χ0) is 13.1. The van der Waals surface area contributed by atoms with Crippen molar-refractivity contribution in [3.05, 3.63) is 29.3 Å². The Bertz CT molecular complexity index is 441. The largest absolute Gasteiger partial charge is 0.508 e. The van der Waals surface area contributed by atoms with Crippen LogP contribution in [-0.2, 0) is 0 Å². The van der Waals surface area contributed by atoms with Gasteiger partial charge in [-0.2, -0.15) is 0 Å². The van der Waals surface area contributed by atoms with E-state index in [1.807, 2.05) is 6.92 Å². The molecule has 2 rings (SSSR count). The number of carbonyl (C=O) groups is 1. The summed E-state index contributed by atoms with van der Waals surface area (Å²) in [6, 6.07) is 5.03. The number of phenols is 1. The van der Waals surface area contributed by atoms with Crippen LogP contribution in [0.5, 0.6) is 5.75 Å². The van der Waals surface area contributed by atoms with Crippen molar-refractivity contribution in [2.24, 2.45) is 0 Å². The van der Waals surface area contributed by atoms with Crippen molar-refractivity contribution in [3.63, 3.8) is 0 Å². The minimum atomic E-state index is -0.0498. The fourth-order valence-corrected chi connectivity index (χ4v) is 2.30. The molecule has 98 valence electrons. The van der Waals surface area contributed by atoms with E-state index >= 15 is 0 Å². The lowest BCUT2D eigenvalue weighted by atomic mass is 9.90. The van der Waals surface area contributed by atoms with Crippen LogP contribution in [0.25, 0.3) is 0 Å². The molecule has 0 saturated heterocycles. The predicted octanol–water partition coefficient (Wildman–Crippen LogP) is 1.69. The first kappa shape index (κ1) is 12.9. The molecule has 1 amide bonds. The second-order valence-electron chi connectivity index (χ2n) is 4.81. The Morgan fingerprint density at radius 3 is 2.67 bits per heavy atom. The van der Waals surface area contributed by atoms with Crippen LogP contribution in [0.15, 0.2) is 18.2 Å². The van der Waals surface area contributed by atoms with Gasteiger partial charge in [0.25, 0.3) is 5.91 Å². The Labute approximate surface area is 107 Å². The molecule has 0 heterocycles. The number of nitrogens with zero attached hydrogens (tertiary/aromatic N) is 1. The molecule has 1 aromatic carbocycles. The van der Waals surface area contributed by atoms with Gasteiger partial charge in [0.1, 0.15) is 5.75 Å². The molecular weight excluding hydrogens is 230 g/mol. The van der Waals surface area contributed by atoms with Crippen LogP contribution in [0.3, 0.4) is 0 Å². The lowest BCUT2D eigenvalue weighted by Crippen LogP contribution is -2.45. The molecule has 4 nitrogen and oxygen atoms in total. The first-order chi connectivity index (χ1) is 8.63. The van der Waals surface area contributed by atoms with Crippen molar-refractivity contribution in [3.8, 4) is 5.75 Å². The van der Waals surface area contributed by atoms with Crippen LogP contribution in [0.1, 0.15) is 35.2 Å². The lowest BCUT2D eigenvalue weighted by molar-refractivity contribution is 0.0525. The molecule has 1 fully saturated rings. The third-order valence-corrected chi connectivity index (χ3v) is 3.56. The molecule has 0 radical (unpaired) electrons. The van der Waals surface area contributed by atoms with Gasteiger partial charge in [-0.15, -0.1) is 0 Å². The minimum absolute atomic E-state index is 0.0145. The number of aryl methyl sites for hydroxylation is 1. The van der Waals surface area contributed by atoms with Gasteiger partial charge in [-0.3, -0.25) is 4.79 Å². The summed E-state index contributed by atoms with van der Waals surface area (Å²) in [6.07, 6.45) is 3.18. The number of aliphatic hydroxyl groups excluding tert-OH is 1. The predicted molar refractivity (Wildman–Crippen MR) is 68.6 cm³/mol. The van der Waals surface area contributed by atoms with Gasteiger partial charge in [0.2, 0.25) is 0 Å². The van der Waals surface area contributed by atoms with Crippen LogP contribution in [0, 0.1) is 6.92 Å². The molecule has 1 aromatic rings. The molecule has 0 bridgehead atoms. The smallest absolute Gasteiger partial charge is 0.254 e. The molecule has 1 aliphatic carbocycles. The monoisotopic (exact) mass is 249 g/mol. The summed E-state index contributed by atoms with van der Waals surface area (Å²) >= 11 is 0. The van der Waals surface area contributed by atoms with Gasteiger partial charge in [0, 0.05) is 18.2 Å². The highest BCUT2D eigenvalue weighted by Crippen LogP contribution is 2.27. The highest BCUT2D eigenvalue weighted by Gasteiger charge is 2.29. The van der Waals surface area contributed by atoms with Gasteiger partial charge < -0.3 is 15.1 Å². The first-order valence-electron chi connectivity index (χ1n) is 6.35. The quantitative estimate of drug-likeness (QED) is 0.853. The van der Waals surface area contributed by atoms with E-state index in [-0.39, 0.29) is 24.3 Å². The SMILES string of the molecule is Cc1cc(O)ccc1C(=O)N(CCO)C1CCC1. The molecule has 4 heteroatoms. The summed E-state index contributed by atoms with van der Waals surface area (Å²) in [7, 11) is 0. The molecule has 0 aromatic heterocycles. The van der Waals surface area contributed by atoms with Crippen LogP contribution < -0.4 is 0 Å². The minimum Gasteiger partial charge on any atom is -0.508 e. The summed E-state index contributed by atoms with van der Waals surface area (Å²) < 4.78 is 0. The van der Waals surface area contributed by atoms with Crippen molar-refractivity contribution in [2.45, 2.75) is 32.2 Å². The number of benzene rings is 1. The van der Waals surface area contributed by atoms with Crippen molar-refractivity contribution in [1.29, 1.82) is 0 Å². The maximum absolute atomic E-state index is 12.4. The third kappa shape index (κ3) is 2.48. The Morgan fingerprint density at radius 1 is 1.44 bits per heavy atom. The van der Waals surface area contributed by atoms with Crippen molar-refractivity contribution >= 4 is 5.91 Å². The zero-order valence-electron chi connectivity index (χ0n) is 10.6. The molecule has 0 spiro atoms. The maximum atomic E-state index is 12.4. The Morgan fingerprint density at radius 2 is 2.17 bits per heavy atom. The van der Waals surface area contributed by atoms with E-state index in [4.69, 9.17) is 5.11 Å². The van der Waals surface area contributed by atoms with E-state index < -0.39 is 0 Å². The van der Waals surface area contributed by atoms with Gasteiger partial charge >= 0.3 is 0 Å². The van der Waals surface area contributed by atoms with Crippen LogP contribution in [-0.4, -0.2) is 40.2 Å². The van der Waals surface area contributed by atoms with Gasteiger partial charge in [0.15, 0.2) is 0 Å². The van der Waals surface area contributed by atoms with E-state index in [1.54, 1.807) is 17.0 Å². The van der Waals surface area contributed by atoms with Crippen LogP contribution in [0.2, 0.25) is 0 Å². The number of amides is 1. The molecule has 2 N–H and O–H groups in total. The van der Waals surface area contributed by atoms with Gasteiger partial charge in [0.05, 0.1) is 6.61 Å². The van der Waals surface area contributed by atoms with Crippen LogP contribution >= 0.6 is 0 Å². The third-order valence-electron chi connectivity index (χ3n) is 3.56. The average molecular weight is 249 g/mol. The lowest BCUT2D eigenvalue weighted by Gasteiger charge is -2.37. The van der Waals surface area contributed by atoms with Crippen molar-refractivity contribution in [2.75, 3.05) is 13.2 Å². The van der Waals surface area contributed by atoms with Gasteiger partial charge in [-0.1, -0.05) is 0 Å². The summed E-state index contributed by atoms with van der Waals surface area (Å²) in [5, 5.41) is 18.4. The highest BCUT2D eigenvalue weighted by atomic mass is 16.3. The molecule has 0 aliphatic heterocycles. The molecule has 1 saturated carbocycles. The first-order valence-corrected chi connectivity index (χ1v) is 6.35. The number of rotatable bonds is 4. The van der Waals surface area contributed by atoms with E-state index in [1.165, 1.54) is 6.07 Å². The average Bonchev–Trinajstić information content (AvgIpc) is 2.25. The number of phenolic OH excluding ortho intramolecular Hbond substituents is 1. The second-order valence-corrected chi connectivity index (χ2v) is 4.81. The maximum Gasteiger partial charge on any atom is 0.254 e. The van der Waals surface area contributed by atoms with E-state index in [9.17, 15) is 9.90 Å². The highest BCUT2D eigenvalue weighted by molar-refractivity contribution is 5.96. The molecule has 18 heavy (non-hydrogen) atoms. The Balaban J connectivity index is 2.21. The van der Waals surface area contributed by atoms with E-state index in [0.717, 1.165) is 24.8 Å². The summed E-state index contributed by atoms with van der Waals surface area (Å²) in [5.74, 6) is 0.118. The van der Waals surface area contributed by atoms with E-state index in [0.29, 0.717) is 12.1 Å². The fraction of sp³-hybridized carbons (Fsp3) is 0.500. The normalized spacial score (nSPS) is 15.2. The summed E-state index contributed by atoms with van der Waals surface area (Å²) in [4.78, 5) is 14.2. The van der Waals surface area contributed by atoms with Gasteiger partial charge in [-0.25, -0.2) is 0 Å². The van der Waals surface area contributed by atoms with E-state index in [2.05, 4.69) is 0 Å². The Kier molecular flexibility index (Phi) is 3.87. The van der Waals surface area contributed by atoms with Crippen molar-refractivity contribution < 1.29 is 15.0 Å². The van der Waals surface area contributed by atoms with Gasteiger partial charge in [-0.05, 0) is 49.9 Å². The number of hydrogen-bond acceptors (Lipinski definition) is 3. The number of hydrogen-bond donors (Lipinski definition) is 2. The summed E-state index contributed by atoms with van der Waals surface area (Å²) in [6.45, 7) is 2.17.